The van der Waals surface area contributed by atoms with E-state index in [4.69, 9.17) is 0 Å². The van der Waals surface area contributed by atoms with E-state index in [9.17, 15) is 9.90 Å². The van der Waals surface area contributed by atoms with Gasteiger partial charge in [0.2, 0.25) is 5.91 Å². The first-order chi connectivity index (χ1) is 11.6. The van der Waals surface area contributed by atoms with Gasteiger partial charge in [0.25, 0.3) is 0 Å². The fraction of sp³-hybridized carbons (Fsp3) is 0.850. The Kier molecular flexibility index (Phi) is 16.4. The molecule has 24 heavy (non-hydrogen) atoms. The molecule has 0 heterocycles. The van der Waals surface area contributed by atoms with E-state index in [0.717, 1.165) is 45.2 Å². The Labute approximate surface area is 149 Å². The number of unbranched alkanes of at least 4 members (excludes halogenated alkanes) is 5. The maximum Gasteiger partial charge on any atom is 0.219 e. The number of likely N-dealkylation sites (N-methyl/N-ethyl adjacent to an activating group) is 1. The summed E-state index contributed by atoms with van der Waals surface area (Å²) in [6.07, 6.45) is 14.9. The molecule has 0 aliphatic carbocycles. The molecule has 1 amide bonds. The largest absolute Gasteiger partial charge is 0.392 e. The SMILES string of the molecule is CC/C=C/CCCCCCCC(=O)NCCCN(C)CC(O)CC. The van der Waals surface area contributed by atoms with Gasteiger partial charge in [-0.3, -0.25) is 4.79 Å². The van der Waals surface area contributed by atoms with Crippen LogP contribution in [0.1, 0.15) is 78.1 Å². The van der Waals surface area contributed by atoms with E-state index >= 15 is 0 Å². The monoisotopic (exact) mass is 340 g/mol. The van der Waals surface area contributed by atoms with Gasteiger partial charge in [0.15, 0.2) is 0 Å². The summed E-state index contributed by atoms with van der Waals surface area (Å²) in [7, 11) is 2.01. The number of amides is 1. The number of carbonyl (C=O) groups excluding carboxylic acids is 1. The van der Waals surface area contributed by atoms with Crippen LogP contribution < -0.4 is 5.32 Å². The van der Waals surface area contributed by atoms with Gasteiger partial charge in [-0.1, -0.05) is 45.3 Å². The lowest BCUT2D eigenvalue weighted by Gasteiger charge is -2.19. The highest BCUT2D eigenvalue weighted by Gasteiger charge is 2.06. The number of nitrogens with one attached hydrogen (secondary N) is 1. The predicted octanol–water partition coefficient (Wildman–Crippen LogP) is 3.89. The van der Waals surface area contributed by atoms with Crippen LogP contribution >= 0.6 is 0 Å². The molecule has 0 spiro atoms. The number of rotatable bonds is 16. The Balaban J connectivity index is 3.36. The van der Waals surface area contributed by atoms with Crippen LogP contribution in [0.5, 0.6) is 0 Å². The van der Waals surface area contributed by atoms with Crippen molar-refractivity contribution in [2.75, 3.05) is 26.7 Å². The second-order valence-corrected chi connectivity index (χ2v) is 6.71. The molecule has 0 fully saturated rings. The lowest BCUT2D eigenvalue weighted by atomic mass is 10.1. The summed E-state index contributed by atoms with van der Waals surface area (Å²) in [5, 5.41) is 12.6. The molecule has 0 aromatic heterocycles. The quantitative estimate of drug-likeness (QED) is 0.331. The molecule has 0 aromatic rings. The second kappa shape index (κ2) is 17.0. The van der Waals surface area contributed by atoms with Crippen LogP contribution in [0.4, 0.5) is 0 Å². The van der Waals surface area contributed by atoms with Crippen molar-refractivity contribution >= 4 is 5.91 Å². The van der Waals surface area contributed by atoms with Crippen LogP contribution in [-0.2, 0) is 4.79 Å². The Morgan fingerprint density at radius 2 is 1.79 bits per heavy atom. The van der Waals surface area contributed by atoms with Crippen molar-refractivity contribution < 1.29 is 9.90 Å². The van der Waals surface area contributed by atoms with Gasteiger partial charge in [0.1, 0.15) is 0 Å². The lowest BCUT2D eigenvalue weighted by molar-refractivity contribution is -0.121. The van der Waals surface area contributed by atoms with Crippen molar-refractivity contribution in [1.82, 2.24) is 10.2 Å². The van der Waals surface area contributed by atoms with E-state index < -0.39 is 0 Å². The Morgan fingerprint density at radius 1 is 1.08 bits per heavy atom. The van der Waals surface area contributed by atoms with Crippen LogP contribution in [0.3, 0.4) is 0 Å². The number of hydrogen-bond donors (Lipinski definition) is 2. The molecular formula is C20H40N2O2. The highest BCUT2D eigenvalue weighted by Crippen LogP contribution is 2.07. The highest BCUT2D eigenvalue weighted by atomic mass is 16.3. The van der Waals surface area contributed by atoms with E-state index in [1.54, 1.807) is 0 Å². The standard InChI is InChI=1S/C20H40N2O2/c1-4-6-7-8-9-10-11-12-13-15-20(24)21-16-14-17-22(3)18-19(23)5-2/h6-7,19,23H,4-5,8-18H2,1-3H3,(H,21,24)/b7-6+. The zero-order valence-electron chi connectivity index (χ0n) is 16.2. The number of aliphatic hydroxyl groups excluding tert-OH is 1. The summed E-state index contributed by atoms with van der Waals surface area (Å²) >= 11 is 0. The fourth-order valence-corrected chi connectivity index (χ4v) is 2.61. The lowest BCUT2D eigenvalue weighted by Crippen LogP contribution is -2.32. The van der Waals surface area contributed by atoms with Crippen molar-refractivity contribution in [3.05, 3.63) is 12.2 Å². The third-order valence-corrected chi connectivity index (χ3v) is 4.21. The summed E-state index contributed by atoms with van der Waals surface area (Å²) < 4.78 is 0. The van der Waals surface area contributed by atoms with Crippen molar-refractivity contribution in [3.63, 3.8) is 0 Å². The predicted molar refractivity (Wildman–Crippen MR) is 103 cm³/mol. The number of allylic oxidation sites excluding steroid dienone is 2. The first-order valence-corrected chi connectivity index (χ1v) is 9.88. The molecule has 0 rings (SSSR count). The van der Waals surface area contributed by atoms with E-state index in [2.05, 4.69) is 29.3 Å². The summed E-state index contributed by atoms with van der Waals surface area (Å²) in [5.74, 6) is 0.178. The third kappa shape index (κ3) is 16.0. The van der Waals surface area contributed by atoms with Gasteiger partial charge in [0, 0.05) is 19.5 Å². The van der Waals surface area contributed by atoms with Gasteiger partial charge < -0.3 is 15.3 Å². The Hall–Kier alpha value is -0.870. The zero-order chi connectivity index (χ0) is 18.0. The third-order valence-electron chi connectivity index (χ3n) is 4.21. The molecular weight excluding hydrogens is 300 g/mol. The molecule has 0 aromatic carbocycles. The maximum atomic E-state index is 11.7. The highest BCUT2D eigenvalue weighted by molar-refractivity contribution is 5.75. The van der Waals surface area contributed by atoms with Gasteiger partial charge in [-0.25, -0.2) is 0 Å². The van der Waals surface area contributed by atoms with Crippen LogP contribution in [0, 0.1) is 0 Å². The van der Waals surface area contributed by atoms with Crippen molar-refractivity contribution in [2.24, 2.45) is 0 Å². The Bertz CT molecular complexity index is 319. The van der Waals surface area contributed by atoms with Gasteiger partial charge in [-0.05, 0) is 52.1 Å². The first-order valence-electron chi connectivity index (χ1n) is 9.88. The van der Waals surface area contributed by atoms with Crippen LogP contribution in [0.15, 0.2) is 12.2 Å². The number of hydrogen-bond acceptors (Lipinski definition) is 3. The summed E-state index contributed by atoms with van der Waals surface area (Å²) in [4.78, 5) is 13.9. The minimum absolute atomic E-state index is 0.178. The van der Waals surface area contributed by atoms with Gasteiger partial charge in [0.05, 0.1) is 6.10 Å². The van der Waals surface area contributed by atoms with Crippen LogP contribution in [0.25, 0.3) is 0 Å². The molecule has 0 saturated heterocycles. The molecule has 0 saturated carbocycles. The summed E-state index contributed by atoms with van der Waals surface area (Å²) in [5.41, 5.74) is 0. The number of aliphatic hydroxyl groups is 1. The van der Waals surface area contributed by atoms with Crippen molar-refractivity contribution in [2.45, 2.75) is 84.2 Å². The normalized spacial score (nSPS) is 12.9. The first kappa shape index (κ1) is 23.1. The number of carbonyl (C=O) groups is 1. The van der Waals surface area contributed by atoms with Crippen LogP contribution in [-0.4, -0.2) is 48.7 Å². The summed E-state index contributed by atoms with van der Waals surface area (Å²) in [6, 6.07) is 0. The molecule has 0 aliphatic rings. The molecule has 0 aliphatic heterocycles. The molecule has 2 N–H and O–H groups in total. The molecule has 0 bridgehead atoms. The molecule has 142 valence electrons. The van der Waals surface area contributed by atoms with Crippen LogP contribution in [0.2, 0.25) is 0 Å². The molecule has 0 radical (unpaired) electrons. The molecule has 4 heteroatoms. The minimum Gasteiger partial charge on any atom is -0.392 e. The molecule has 1 unspecified atom stereocenters. The average molecular weight is 341 g/mol. The van der Waals surface area contributed by atoms with E-state index in [-0.39, 0.29) is 12.0 Å². The van der Waals surface area contributed by atoms with Crippen molar-refractivity contribution in [1.29, 1.82) is 0 Å². The van der Waals surface area contributed by atoms with Crippen molar-refractivity contribution in [3.8, 4) is 0 Å². The minimum atomic E-state index is -0.243. The summed E-state index contributed by atoms with van der Waals surface area (Å²) in [6.45, 7) is 6.50. The Morgan fingerprint density at radius 3 is 2.50 bits per heavy atom. The molecule has 1 atom stereocenters. The van der Waals surface area contributed by atoms with Gasteiger partial charge >= 0.3 is 0 Å². The second-order valence-electron chi connectivity index (χ2n) is 6.71. The maximum absolute atomic E-state index is 11.7. The zero-order valence-corrected chi connectivity index (χ0v) is 16.2. The fourth-order valence-electron chi connectivity index (χ4n) is 2.61. The van der Waals surface area contributed by atoms with Gasteiger partial charge in [-0.2, -0.15) is 0 Å². The smallest absolute Gasteiger partial charge is 0.219 e. The number of nitrogens with zero attached hydrogens (tertiary/aromatic N) is 1. The van der Waals surface area contributed by atoms with E-state index in [0.29, 0.717) is 13.0 Å². The average Bonchev–Trinajstić information content (AvgIpc) is 2.57. The van der Waals surface area contributed by atoms with Gasteiger partial charge in [-0.15, -0.1) is 0 Å². The van der Waals surface area contributed by atoms with E-state index in [1.807, 2.05) is 14.0 Å². The topological polar surface area (TPSA) is 52.6 Å². The van der Waals surface area contributed by atoms with E-state index in [1.165, 1.54) is 25.7 Å². The molecule has 4 nitrogen and oxygen atoms in total.